The van der Waals surface area contributed by atoms with Gasteiger partial charge in [0.2, 0.25) is 0 Å². The van der Waals surface area contributed by atoms with Crippen LogP contribution in [0.1, 0.15) is 13.3 Å². The van der Waals surface area contributed by atoms with E-state index in [9.17, 15) is 25.0 Å². The number of urea groups is 1. The first kappa shape index (κ1) is 10.2. The molecule has 1 rings (SSSR count). The highest BCUT2D eigenvalue weighted by Gasteiger charge is 2.44. The molecule has 1 unspecified atom stereocenters. The standard InChI is InChI=1S/C5H8N4O5/c1-4-2-3-6(8(11)12)5(10)7(4)9(13)14/h4H,2-3H2,1H3. The molecule has 9 nitrogen and oxygen atoms in total. The van der Waals surface area contributed by atoms with Gasteiger partial charge >= 0.3 is 6.03 Å². The zero-order chi connectivity index (χ0) is 10.9. The molecule has 78 valence electrons. The van der Waals surface area contributed by atoms with Gasteiger partial charge in [0.1, 0.15) is 6.04 Å². The Morgan fingerprint density at radius 1 is 1.36 bits per heavy atom. The van der Waals surface area contributed by atoms with E-state index in [1.165, 1.54) is 6.92 Å². The van der Waals surface area contributed by atoms with Crippen LogP contribution in [0.4, 0.5) is 4.79 Å². The van der Waals surface area contributed by atoms with Crippen LogP contribution in [0.2, 0.25) is 0 Å². The summed E-state index contributed by atoms with van der Waals surface area (Å²) in [6, 6.07) is -1.81. The predicted octanol–water partition coefficient (Wildman–Crippen LogP) is -0.114. The second kappa shape index (κ2) is 3.44. The SMILES string of the molecule is CC1CCN([N+](=O)[O-])C(=O)N1[N+](=O)[O-]. The van der Waals surface area contributed by atoms with Gasteiger partial charge in [-0.1, -0.05) is 0 Å². The minimum Gasteiger partial charge on any atom is -0.237 e. The molecule has 1 fully saturated rings. The van der Waals surface area contributed by atoms with Gasteiger partial charge in [-0.25, -0.2) is 25.0 Å². The van der Waals surface area contributed by atoms with E-state index in [-0.39, 0.29) is 23.0 Å². The van der Waals surface area contributed by atoms with Gasteiger partial charge in [0.15, 0.2) is 10.1 Å². The molecular weight excluding hydrogens is 196 g/mol. The lowest BCUT2D eigenvalue weighted by atomic mass is 10.2. The molecule has 0 aromatic carbocycles. The quantitative estimate of drug-likeness (QED) is 0.460. The molecule has 1 atom stereocenters. The lowest BCUT2D eigenvalue weighted by Crippen LogP contribution is -2.57. The van der Waals surface area contributed by atoms with Gasteiger partial charge < -0.3 is 0 Å². The largest absolute Gasteiger partial charge is 0.435 e. The fourth-order valence-corrected chi connectivity index (χ4v) is 1.22. The number of nitrogens with zero attached hydrogens (tertiary/aromatic N) is 4. The number of carbonyl (C=O) groups excluding carboxylic acids is 1. The van der Waals surface area contributed by atoms with Crippen molar-refractivity contribution < 1.29 is 14.9 Å². The third-order valence-electron chi connectivity index (χ3n) is 1.97. The van der Waals surface area contributed by atoms with Crippen LogP contribution in [0.5, 0.6) is 0 Å². The van der Waals surface area contributed by atoms with Gasteiger partial charge in [-0.05, 0) is 23.4 Å². The van der Waals surface area contributed by atoms with Crippen molar-refractivity contribution >= 4 is 6.03 Å². The number of rotatable bonds is 2. The Kier molecular flexibility index (Phi) is 2.49. The Hall–Kier alpha value is -1.93. The lowest BCUT2D eigenvalue weighted by molar-refractivity contribution is -0.679. The van der Waals surface area contributed by atoms with Crippen molar-refractivity contribution in [2.24, 2.45) is 0 Å². The molecule has 0 radical (unpaired) electrons. The smallest absolute Gasteiger partial charge is 0.237 e. The van der Waals surface area contributed by atoms with Crippen LogP contribution in [-0.2, 0) is 0 Å². The molecule has 0 spiro atoms. The Bertz CT molecular complexity index is 292. The fraction of sp³-hybridized carbons (Fsp3) is 0.800. The van der Waals surface area contributed by atoms with Crippen LogP contribution in [0.3, 0.4) is 0 Å². The van der Waals surface area contributed by atoms with Crippen molar-refractivity contribution in [2.45, 2.75) is 19.4 Å². The van der Waals surface area contributed by atoms with Crippen LogP contribution in [0.25, 0.3) is 0 Å². The van der Waals surface area contributed by atoms with Crippen LogP contribution < -0.4 is 0 Å². The summed E-state index contributed by atoms with van der Waals surface area (Å²) in [7, 11) is 0. The molecule has 9 heteroatoms. The van der Waals surface area contributed by atoms with E-state index in [0.717, 1.165) is 0 Å². The van der Waals surface area contributed by atoms with E-state index in [4.69, 9.17) is 0 Å². The van der Waals surface area contributed by atoms with Crippen molar-refractivity contribution in [1.82, 2.24) is 10.0 Å². The highest BCUT2D eigenvalue weighted by molar-refractivity contribution is 5.72. The zero-order valence-corrected chi connectivity index (χ0v) is 7.32. The maximum Gasteiger partial charge on any atom is 0.435 e. The number of hydrogen-bond acceptors (Lipinski definition) is 5. The number of nitro groups is 2. The average molecular weight is 204 g/mol. The number of hydrazine groups is 2. The molecule has 1 heterocycles. The summed E-state index contributed by atoms with van der Waals surface area (Å²) in [5.41, 5.74) is 0. The van der Waals surface area contributed by atoms with Crippen molar-refractivity contribution in [1.29, 1.82) is 0 Å². The first-order valence-corrected chi connectivity index (χ1v) is 3.84. The highest BCUT2D eigenvalue weighted by Crippen LogP contribution is 2.15. The van der Waals surface area contributed by atoms with Crippen LogP contribution in [0, 0.1) is 20.2 Å². The average Bonchev–Trinajstić information content (AvgIpc) is 2.02. The van der Waals surface area contributed by atoms with E-state index < -0.39 is 22.1 Å². The van der Waals surface area contributed by atoms with E-state index in [2.05, 4.69) is 0 Å². The van der Waals surface area contributed by atoms with Crippen molar-refractivity contribution in [3.8, 4) is 0 Å². The maximum atomic E-state index is 11.2. The topological polar surface area (TPSA) is 110 Å². The van der Waals surface area contributed by atoms with Gasteiger partial charge in [0, 0.05) is 0 Å². The molecule has 0 bridgehead atoms. The van der Waals surface area contributed by atoms with E-state index in [1.54, 1.807) is 0 Å². The molecule has 14 heavy (non-hydrogen) atoms. The molecule has 0 saturated carbocycles. The van der Waals surface area contributed by atoms with Gasteiger partial charge in [-0.2, -0.15) is 0 Å². The van der Waals surface area contributed by atoms with Crippen LogP contribution >= 0.6 is 0 Å². The first-order valence-electron chi connectivity index (χ1n) is 3.84. The Morgan fingerprint density at radius 2 is 1.93 bits per heavy atom. The van der Waals surface area contributed by atoms with E-state index >= 15 is 0 Å². The molecule has 1 aliphatic heterocycles. The van der Waals surface area contributed by atoms with Crippen LogP contribution in [-0.4, -0.2) is 38.7 Å². The number of carbonyl (C=O) groups is 1. The van der Waals surface area contributed by atoms with Crippen molar-refractivity contribution in [3.63, 3.8) is 0 Å². The normalized spacial score (nSPS) is 22.4. The molecule has 1 saturated heterocycles. The molecule has 0 aromatic heterocycles. The zero-order valence-electron chi connectivity index (χ0n) is 7.32. The van der Waals surface area contributed by atoms with Gasteiger partial charge in [0.25, 0.3) is 0 Å². The number of amides is 2. The summed E-state index contributed by atoms with van der Waals surface area (Å²) in [5.74, 6) is 0. The van der Waals surface area contributed by atoms with Crippen LogP contribution in [0.15, 0.2) is 0 Å². The highest BCUT2D eigenvalue weighted by atomic mass is 16.7. The molecule has 1 aliphatic rings. The maximum absolute atomic E-state index is 11.2. The Morgan fingerprint density at radius 3 is 2.36 bits per heavy atom. The summed E-state index contributed by atoms with van der Waals surface area (Å²) < 4.78 is 0. The third-order valence-corrected chi connectivity index (χ3v) is 1.97. The molecule has 2 amide bonds. The summed E-state index contributed by atoms with van der Waals surface area (Å²) in [6.07, 6.45) is 0.202. The summed E-state index contributed by atoms with van der Waals surface area (Å²) in [4.78, 5) is 31.9. The van der Waals surface area contributed by atoms with Gasteiger partial charge in [-0.3, -0.25) is 0 Å². The molecule has 0 aromatic rings. The first-order chi connectivity index (χ1) is 6.45. The monoisotopic (exact) mass is 204 g/mol. The molecule has 0 aliphatic carbocycles. The van der Waals surface area contributed by atoms with Crippen molar-refractivity contribution in [3.05, 3.63) is 20.2 Å². The third kappa shape index (κ3) is 1.56. The van der Waals surface area contributed by atoms with E-state index in [1.807, 2.05) is 0 Å². The summed E-state index contributed by atoms with van der Waals surface area (Å²) in [6.45, 7) is 1.37. The minimum absolute atomic E-state index is 0.0999. The number of hydrogen-bond donors (Lipinski definition) is 0. The second-order valence-corrected chi connectivity index (χ2v) is 2.86. The lowest BCUT2D eigenvalue weighted by Gasteiger charge is -2.26. The fourth-order valence-electron chi connectivity index (χ4n) is 1.22. The van der Waals surface area contributed by atoms with Gasteiger partial charge in [0.05, 0.1) is 6.54 Å². The Balaban J connectivity index is 2.88. The van der Waals surface area contributed by atoms with E-state index in [0.29, 0.717) is 0 Å². The minimum atomic E-state index is -1.20. The molecular formula is C5H8N4O5. The van der Waals surface area contributed by atoms with Gasteiger partial charge in [-0.15, -0.1) is 0 Å². The predicted molar refractivity (Wildman–Crippen MR) is 42.0 cm³/mol. The summed E-state index contributed by atoms with van der Waals surface area (Å²) in [5, 5.41) is 19.3. The van der Waals surface area contributed by atoms with Crippen molar-refractivity contribution in [2.75, 3.05) is 6.54 Å². The Labute approximate surface area is 78.1 Å². The second-order valence-electron chi connectivity index (χ2n) is 2.86. The summed E-state index contributed by atoms with van der Waals surface area (Å²) >= 11 is 0. The molecule has 0 N–H and O–H groups in total.